The van der Waals surface area contributed by atoms with Crippen LogP contribution in [0.1, 0.15) is 41.5 Å². The van der Waals surface area contributed by atoms with Crippen LogP contribution in [-0.4, -0.2) is 27.4 Å². The summed E-state index contributed by atoms with van der Waals surface area (Å²) in [6, 6.07) is 8.59. The van der Waals surface area contributed by atoms with E-state index in [4.69, 9.17) is 9.47 Å². The van der Waals surface area contributed by atoms with Crippen molar-refractivity contribution in [2.24, 2.45) is 0 Å². The monoisotopic (exact) mass is 346 g/mol. The predicted molar refractivity (Wildman–Crippen MR) is 100 cm³/mol. The zero-order chi connectivity index (χ0) is 18.0. The van der Waals surface area contributed by atoms with Crippen molar-refractivity contribution in [2.45, 2.75) is 57.6 Å². The minimum Gasteiger partial charge on any atom is -0.471 e. The lowest BCUT2D eigenvalue weighted by Gasteiger charge is -2.24. The summed E-state index contributed by atoms with van der Waals surface area (Å²) in [5.74, 6) is 0.537. The molecule has 0 atom stereocenters. The zero-order valence-electron chi connectivity index (χ0n) is 15.5. The van der Waals surface area contributed by atoms with Gasteiger partial charge in [0.05, 0.1) is 5.56 Å². The Kier molecular flexibility index (Phi) is 5.43. The maximum absolute atomic E-state index is 6.08. The Morgan fingerprint density at radius 1 is 0.958 bits per heavy atom. The predicted octanol–water partition coefficient (Wildman–Crippen LogP) is 5.22. The average Bonchev–Trinajstić information content (AvgIpc) is 2.44. The Bertz CT molecular complexity index is 703. The van der Waals surface area contributed by atoms with Crippen molar-refractivity contribution in [3.05, 3.63) is 30.5 Å². The smallest absolute Gasteiger partial charge is 0.320 e. The van der Waals surface area contributed by atoms with Crippen LogP contribution in [0.15, 0.2) is 35.4 Å². The normalized spacial score (nSPS) is 12.1. The summed E-state index contributed by atoms with van der Waals surface area (Å²) in [5.41, 5.74) is 1.17. The lowest BCUT2D eigenvalue weighted by Crippen LogP contribution is -2.26. The minimum absolute atomic E-state index is 0.325. The minimum atomic E-state index is -0.362. The molecule has 0 bridgehead atoms. The summed E-state index contributed by atoms with van der Waals surface area (Å²) in [5, 5.41) is 0. The van der Waals surface area contributed by atoms with Crippen molar-refractivity contribution in [1.29, 1.82) is 0 Å². The molecule has 0 amide bonds. The van der Waals surface area contributed by atoms with Crippen molar-refractivity contribution >= 4 is 11.8 Å². The molecule has 0 spiro atoms. The van der Waals surface area contributed by atoms with Crippen molar-refractivity contribution < 1.29 is 9.47 Å². The molecule has 24 heavy (non-hydrogen) atoms. The summed E-state index contributed by atoms with van der Waals surface area (Å²) < 4.78 is 11.9. The largest absolute Gasteiger partial charge is 0.471 e. The second kappa shape index (κ2) is 7.01. The molecule has 1 heterocycles. The van der Waals surface area contributed by atoms with Crippen LogP contribution >= 0.6 is 11.8 Å². The Balaban J connectivity index is 2.49. The number of rotatable bonds is 4. The van der Waals surface area contributed by atoms with Crippen LogP contribution in [0, 0.1) is 0 Å². The fourth-order valence-corrected chi connectivity index (χ4v) is 2.49. The highest BCUT2D eigenvalue weighted by Gasteiger charge is 2.21. The summed E-state index contributed by atoms with van der Waals surface area (Å²) in [4.78, 5) is 10.1. The van der Waals surface area contributed by atoms with Crippen LogP contribution in [0.3, 0.4) is 0 Å². The molecule has 1 aromatic carbocycles. The van der Waals surface area contributed by atoms with E-state index in [9.17, 15) is 0 Å². The fraction of sp³-hybridized carbons (Fsp3) is 0.474. The number of benzene rings is 1. The van der Waals surface area contributed by atoms with Gasteiger partial charge in [0.1, 0.15) is 11.2 Å². The molecule has 0 radical (unpaired) electrons. The third-order valence-electron chi connectivity index (χ3n) is 2.91. The summed E-state index contributed by atoms with van der Waals surface area (Å²) in [6.45, 7) is 11.9. The first-order chi connectivity index (χ1) is 11.1. The topological polar surface area (TPSA) is 44.2 Å². The van der Waals surface area contributed by atoms with E-state index in [0.29, 0.717) is 11.9 Å². The van der Waals surface area contributed by atoms with E-state index in [-0.39, 0.29) is 11.2 Å². The van der Waals surface area contributed by atoms with Crippen LogP contribution in [0.25, 0.3) is 11.1 Å². The highest BCUT2D eigenvalue weighted by molar-refractivity contribution is 7.98. The van der Waals surface area contributed by atoms with E-state index in [1.54, 1.807) is 18.0 Å². The molecule has 0 N–H and O–H groups in total. The molecule has 0 aliphatic heterocycles. The molecule has 0 saturated heterocycles. The molecular weight excluding hydrogens is 320 g/mol. The van der Waals surface area contributed by atoms with E-state index >= 15 is 0 Å². The molecule has 0 fully saturated rings. The molecule has 0 aliphatic rings. The third-order valence-corrected chi connectivity index (χ3v) is 3.64. The Morgan fingerprint density at radius 3 is 2.21 bits per heavy atom. The molecule has 2 aromatic rings. The van der Waals surface area contributed by atoms with Gasteiger partial charge in [-0.3, -0.25) is 0 Å². The van der Waals surface area contributed by atoms with Gasteiger partial charge in [-0.2, -0.15) is 4.98 Å². The van der Waals surface area contributed by atoms with E-state index < -0.39 is 0 Å². The van der Waals surface area contributed by atoms with Gasteiger partial charge >= 0.3 is 6.01 Å². The lowest BCUT2D eigenvalue weighted by atomic mass is 10.1. The van der Waals surface area contributed by atoms with Gasteiger partial charge in [0.2, 0.25) is 5.88 Å². The van der Waals surface area contributed by atoms with Crippen LogP contribution < -0.4 is 9.47 Å². The van der Waals surface area contributed by atoms with E-state index in [0.717, 1.165) is 11.1 Å². The summed E-state index contributed by atoms with van der Waals surface area (Å²) >= 11 is 1.70. The van der Waals surface area contributed by atoms with Gasteiger partial charge in [0.25, 0.3) is 0 Å². The number of ether oxygens (including phenoxy) is 2. The van der Waals surface area contributed by atoms with Crippen molar-refractivity contribution in [3.63, 3.8) is 0 Å². The number of hydrogen-bond acceptors (Lipinski definition) is 5. The second-order valence-electron chi connectivity index (χ2n) is 7.53. The van der Waals surface area contributed by atoms with Crippen LogP contribution in [0.4, 0.5) is 0 Å². The summed E-state index contributed by atoms with van der Waals surface area (Å²) in [7, 11) is 0. The first-order valence-corrected chi connectivity index (χ1v) is 9.19. The van der Waals surface area contributed by atoms with Gasteiger partial charge < -0.3 is 9.47 Å². The number of hydrogen-bond donors (Lipinski definition) is 0. The standard InChI is InChI=1S/C19H26N2O2S/c1-18(2,3)22-16-15(13-9-8-10-14(11-13)24-7)12-20-17(21-16)23-19(4,5)6/h8-12H,1-7H3. The van der Waals surface area contributed by atoms with Crippen LogP contribution in [0.5, 0.6) is 11.9 Å². The van der Waals surface area contributed by atoms with Crippen molar-refractivity contribution in [2.75, 3.05) is 6.26 Å². The third kappa shape index (κ3) is 5.41. The van der Waals surface area contributed by atoms with Gasteiger partial charge in [-0.15, -0.1) is 11.8 Å². The Morgan fingerprint density at radius 2 is 1.62 bits per heavy atom. The Labute approximate surface area is 149 Å². The molecule has 0 aliphatic carbocycles. The van der Waals surface area contributed by atoms with Gasteiger partial charge in [-0.05, 0) is 65.5 Å². The summed E-state index contributed by atoms with van der Waals surface area (Å²) in [6.07, 6.45) is 3.83. The molecule has 4 nitrogen and oxygen atoms in total. The first-order valence-electron chi connectivity index (χ1n) is 7.97. The van der Waals surface area contributed by atoms with Gasteiger partial charge in [0, 0.05) is 11.1 Å². The highest BCUT2D eigenvalue weighted by Crippen LogP contribution is 2.33. The van der Waals surface area contributed by atoms with Crippen molar-refractivity contribution in [1.82, 2.24) is 9.97 Å². The van der Waals surface area contributed by atoms with E-state index in [2.05, 4.69) is 28.4 Å². The van der Waals surface area contributed by atoms with Gasteiger partial charge in [-0.1, -0.05) is 12.1 Å². The molecular formula is C19H26N2O2S. The number of thioether (sulfide) groups is 1. The number of aromatic nitrogens is 2. The maximum atomic E-state index is 6.08. The fourth-order valence-electron chi connectivity index (χ4n) is 2.03. The lowest BCUT2D eigenvalue weighted by molar-refractivity contribution is 0.103. The zero-order valence-corrected chi connectivity index (χ0v) is 16.3. The van der Waals surface area contributed by atoms with Crippen LogP contribution in [0.2, 0.25) is 0 Å². The molecule has 5 heteroatoms. The van der Waals surface area contributed by atoms with E-state index in [1.807, 2.05) is 53.7 Å². The average molecular weight is 346 g/mol. The Hall–Kier alpha value is -1.75. The quantitative estimate of drug-likeness (QED) is 0.710. The van der Waals surface area contributed by atoms with Crippen LogP contribution in [-0.2, 0) is 0 Å². The molecule has 1 aromatic heterocycles. The SMILES string of the molecule is CSc1cccc(-c2cnc(OC(C)(C)C)nc2OC(C)(C)C)c1. The van der Waals surface area contributed by atoms with Gasteiger partial charge in [0.15, 0.2) is 0 Å². The number of nitrogens with zero attached hydrogens (tertiary/aromatic N) is 2. The van der Waals surface area contributed by atoms with E-state index in [1.165, 1.54) is 4.90 Å². The van der Waals surface area contributed by atoms with Gasteiger partial charge in [-0.25, -0.2) is 4.98 Å². The molecule has 0 unspecified atom stereocenters. The molecule has 2 rings (SSSR count). The molecule has 130 valence electrons. The highest BCUT2D eigenvalue weighted by atomic mass is 32.2. The maximum Gasteiger partial charge on any atom is 0.320 e. The second-order valence-corrected chi connectivity index (χ2v) is 8.41. The van der Waals surface area contributed by atoms with Crippen molar-refractivity contribution in [3.8, 4) is 23.0 Å². The first kappa shape index (κ1) is 18.6. The molecule has 0 saturated carbocycles.